The molecule has 166 valence electrons. The molecule has 0 saturated heterocycles. The molecule has 8 nitrogen and oxygen atoms in total. The van der Waals surface area contributed by atoms with Crippen molar-refractivity contribution in [1.29, 1.82) is 0 Å². The molecule has 1 aliphatic carbocycles. The summed E-state index contributed by atoms with van der Waals surface area (Å²) in [6.45, 7) is 1.78. The lowest BCUT2D eigenvalue weighted by molar-refractivity contribution is -0.384. The van der Waals surface area contributed by atoms with E-state index in [2.05, 4.69) is 0 Å². The monoisotopic (exact) mass is 452 g/mol. The number of aromatic hydroxyl groups is 2. The van der Waals surface area contributed by atoms with Crippen LogP contribution in [-0.4, -0.2) is 31.6 Å². The summed E-state index contributed by atoms with van der Waals surface area (Å²) in [5.41, 5.74) is 2.62. The second-order valence-electron chi connectivity index (χ2n) is 7.83. The number of rotatable bonds is 5. The Bertz CT molecular complexity index is 1220. The van der Waals surface area contributed by atoms with Gasteiger partial charge in [0.25, 0.3) is 5.69 Å². The van der Waals surface area contributed by atoms with E-state index in [0.717, 1.165) is 28.9 Å². The minimum absolute atomic E-state index is 0.0244. The average molecular weight is 453 g/mol. The Labute approximate surface area is 189 Å². The Morgan fingerprint density at radius 1 is 1.12 bits per heavy atom. The van der Waals surface area contributed by atoms with Crippen molar-refractivity contribution in [3.8, 4) is 22.8 Å². The van der Waals surface area contributed by atoms with Gasteiger partial charge in [-0.15, -0.1) is 11.3 Å². The van der Waals surface area contributed by atoms with E-state index < -0.39 is 4.92 Å². The average Bonchev–Trinajstić information content (AvgIpc) is 3.16. The molecule has 2 aromatic carbocycles. The summed E-state index contributed by atoms with van der Waals surface area (Å²) >= 11 is 1.47. The van der Waals surface area contributed by atoms with Gasteiger partial charge in [0.05, 0.1) is 22.4 Å². The molecule has 0 bridgehead atoms. The van der Waals surface area contributed by atoms with Crippen LogP contribution in [0.3, 0.4) is 0 Å². The van der Waals surface area contributed by atoms with E-state index in [-0.39, 0.29) is 23.2 Å². The maximum absolute atomic E-state index is 11.0. The molecule has 9 heteroatoms. The van der Waals surface area contributed by atoms with E-state index in [1.807, 2.05) is 5.38 Å². The lowest BCUT2D eigenvalue weighted by Gasteiger charge is -2.17. The van der Waals surface area contributed by atoms with E-state index in [0.29, 0.717) is 11.3 Å². The van der Waals surface area contributed by atoms with Gasteiger partial charge in [0.1, 0.15) is 11.5 Å². The second kappa shape index (κ2) is 9.35. The van der Waals surface area contributed by atoms with Gasteiger partial charge >= 0.3 is 0 Å². The van der Waals surface area contributed by atoms with Crippen LogP contribution in [0.1, 0.15) is 44.6 Å². The van der Waals surface area contributed by atoms with Crippen molar-refractivity contribution < 1.29 is 15.1 Å². The molecule has 0 radical (unpaired) electrons. The fourth-order valence-electron chi connectivity index (χ4n) is 3.83. The van der Waals surface area contributed by atoms with Crippen LogP contribution in [0.25, 0.3) is 11.3 Å². The number of phenolic OH excluding ortho intramolecular Hbond substituents is 2. The fraction of sp³-hybridized carbons (Fsp3) is 0.304. The molecule has 0 unspecified atom stereocenters. The van der Waals surface area contributed by atoms with Crippen molar-refractivity contribution in [3.05, 3.63) is 68.3 Å². The topological polar surface area (TPSA) is 113 Å². The molecule has 32 heavy (non-hydrogen) atoms. The second-order valence-corrected chi connectivity index (χ2v) is 8.66. The van der Waals surface area contributed by atoms with Gasteiger partial charge in [-0.2, -0.15) is 5.10 Å². The van der Waals surface area contributed by atoms with E-state index >= 15 is 0 Å². The number of non-ortho nitro benzene ring substituents is 1. The van der Waals surface area contributed by atoms with Crippen LogP contribution >= 0.6 is 11.3 Å². The number of benzene rings is 2. The van der Waals surface area contributed by atoms with Crippen molar-refractivity contribution in [1.82, 2.24) is 4.68 Å². The summed E-state index contributed by atoms with van der Waals surface area (Å²) in [5, 5.41) is 37.6. The number of phenols is 2. The highest BCUT2D eigenvalue weighted by Gasteiger charge is 2.16. The van der Waals surface area contributed by atoms with Gasteiger partial charge in [-0.3, -0.25) is 15.1 Å². The first-order valence-electron chi connectivity index (χ1n) is 10.5. The highest BCUT2D eigenvalue weighted by Crippen LogP contribution is 2.26. The van der Waals surface area contributed by atoms with Gasteiger partial charge in [0.15, 0.2) is 0 Å². The molecule has 0 amide bonds. The first kappa shape index (κ1) is 21.8. The fourth-order valence-corrected chi connectivity index (χ4v) is 4.74. The van der Waals surface area contributed by atoms with Crippen LogP contribution in [0.4, 0.5) is 5.69 Å². The maximum Gasteiger partial charge on any atom is 0.269 e. The van der Waals surface area contributed by atoms with Gasteiger partial charge in [-0.05, 0) is 44.0 Å². The molecule has 1 heterocycles. The SMILES string of the molecule is CC(=Nn1c(-c2ccc([N+](=O)[O-])cc2)csc1=NC1CCCCC1)c1ccc(O)cc1O. The highest BCUT2D eigenvalue weighted by molar-refractivity contribution is 7.07. The van der Waals surface area contributed by atoms with E-state index in [4.69, 9.17) is 10.1 Å². The first-order valence-corrected chi connectivity index (χ1v) is 11.4. The van der Waals surface area contributed by atoms with E-state index in [9.17, 15) is 20.3 Å². The number of aromatic nitrogens is 1. The minimum atomic E-state index is -0.425. The number of thiazole rings is 1. The third-order valence-electron chi connectivity index (χ3n) is 5.55. The predicted octanol–water partition coefficient (Wildman–Crippen LogP) is 5.04. The number of nitro groups is 1. The number of hydrogen-bond donors (Lipinski definition) is 2. The zero-order valence-corrected chi connectivity index (χ0v) is 18.5. The summed E-state index contributed by atoms with van der Waals surface area (Å²) in [7, 11) is 0. The van der Waals surface area contributed by atoms with Crippen LogP contribution in [0.15, 0.2) is 57.9 Å². The van der Waals surface area contributed by atoms with Gasteiger partial charge in [-0.25, -0.2) is 4.68 Å². The summed E-state index contributed by atoms with van der Waals surface area (Å²) in [5.74, 6) is -0.0912. The first-order chi connectivity index (χ1) is 15.4. The summed E-state index contributed by atoms with van der Waals surface area (Å²) < 4.78 is 1.74. The zero-order chi connectivity index (χ0) is 22.7. The van der Waals surface area contributed by atoms with Crippen LogP contribution in [0.2, 0.25) is 0 Å². The Morgan fingerprint density at radius 2 is 1.84 bits per heavy atom. The lowest BCUT2D eigenvalue weighted by atomic mass is 9.96. The smallest absolute Gasteiger partial charge is 0.269 e. The van der Waals surface area contributed by atoms with Gasteiger partial charge in [0, 0.05) is 34.7 Å². The zero-order valence-electron chi connectivity index (χ0n) is 17.6. The standard InChI is InChI=1S/C23H24N4O4S/c1-15(20-12-11-19(28)13-22(20)29)25-26-21(16-7-9-18(10-8-16)27(30)31)14-32-23(26)24-17-5-3-2-4-6-17/h7-14,17,28-29H,2-6H2,1H3. The maximum atomic E-state index is 11.0. The van der Waals surface area contributed by atoms with Crippen molar-refractivity contribution in [2.24, 2.45) is 10.1 Å². The van der Waals surface area contributed by atoms with Crippen molar-refractivity contribution in [2.45, 2.75) is 45.1 Å². The third-order valence-corrected chi connectivity index (χ3v) is 6.38. The molecule has 1 fully saturated rings. The number of nitrogens with zero attached hydrogens (tertiary/aromatic N) is 4. The third kappa shape index (κ3) is 4.72. The molecule has 1 aromatic heterocycles. The number of hydrogen-bond acceptors (Lipinski definition) is 7. The van der Waals surface area contributed by atoms with Crippen LogP contribution in [0, 0.1) is 10.1 Å². The molecular weight excluding hydrogens is 428 g/mol. The molecule has 3 aromatic rings. The van der Waals surface area contributed by atoms with Gasteiger partial charge in [0.2, 0.25) is 4.80 Å². The van der Waals surface area contributed by atoms with Crippen molar-refractivity contribution in [2.75, 3.05) is 0 Å². The largest absolute Gasteiger partial charge is 0.508 e. The molecule has 2 N–H and O–H groups in total. The summed E-state index contributed by atoms with van der Waals surface area (Å²) in [6, 6.07) is 11.0. The quantitative estimate of drug-likeness (QED) is 0.321. The van der Waals surface area contributed by atoms with E-state index in [1.54, 1.807) is 29.8 Å². The minimum Gasteiger partial charge on any atom is -0.508 e. The van der Waals surface area contributed by atoms with Crippen LogP contribution < -0.4 is 4.80 Å². The highest BCUT2D eigenvalue weighted by atomic mass is 32.1. The molecule has 4 rings (SSSR count). The molecule has 0 spiro atoms. The van der Waals surface area contributed by atoms with Gasteiger partial charge < -0.3 is 10.2 Å². The summed E-state index contributed by atoms with van der Waals surface area (Å²) in [6.07, 6.45) is 5.66. The van der Waals surface area contributed by atoms with Crippen LogP contribution in [0.5, 0.6) is 11.5 Å². The Kier molecular flexibility index (Phi) is 6.36. The Balaban J connectivity index is 1.82. The van der Waals surface area contributed by atoms with Gasteiger partial charge in [-0.1, -0.05) is 19.3 Å². The lowest BCUT2D eigenvalue weighted by Crippen LogP contribution is -2.19. The molecular formula is C23H24N4O4S. The molecule has 0 aliphatic heterocycles. The number of nitro benzene ring substituents is 1. The Morgan fingerprint density at radius 3 is 2.50 bits per heavy atom. The van der Waals surface area contributed by atoms with Crippen LogP contribution in [-0.2, 0) is 0 Å². The predicted molar refractivity (Wildman–Crippen MR) is 124 cm³/mol. The van der Waals surface area contributed by atoms with Crippen molar-refractivity contribution >= 4 is 22.7 Å². The molecule has 0 atom stereocenters. The van der Waals surface area contributed by atoms with E-state index in [1.165, 1.54) is 54.9 Å². The molecule has 1 aliphatic rings. The summed E-state index contributed by atoms with van der Waals surface area (Å²) in [4.78, 5) is 16.3. The Hall–Kier alpha value is -3.46. The molecule has 1 saturated carbocycles. The normalized spacial score (nSPS) is 15.8. The van der Waals surface area contributed by atoms with Crippen molar-refractivity contribution in [3.63, 3.8) is 0 Å².